The lowest BCUT2D eigenvalue weighted by Crippen LogP contribution is -2.17. The van der Waals surface area contributed by atoms with E-state index in [0.717, 1.165) is 17.3 Å². The summed E-state index contributed by atoms with van der Waals surface area (Å²) in [6.45, 7) is 3.93. The van der Waals surface area contributed by atoms with E-state index in [0.29, 0.717) is 12.0 Å². The number of carbonyl (C=O) groups is 3. The molecule has 6 nitrogen and oxygen atoms in total. The van der Waals surface area contributed by atoms with Gasteiger partial charge in [-0.25, -0.2) is 0 Å². The zero-order valence-electron chi connectivity index (χ0n) is 17.2. The van der Waals surface area contributed by atoms with Gasteiger partial charge in [0.15, 0.2) is 17.3 Å². The van der Waals surface area contributed by atoms with Gasteiger partial charge in [0, 0.05) is 10.8 Å². The molecule has 0 spiro atoms. The van der Waals surface area contributed by atoms with E-state index in [-0.39, 0.29) is 50.3 Å². The van der Waals surface area contributed by atoms with E-state index in [1.165, 1.54) is 32.6 Å². The third-order valence-electron chi connectivity index (χ3n) is 4.63. The molecule has 2 aromatic rings. The van der Waals surface area contributed by atoms with Crippen molar-refractivity contribution in [2.45, 2.75) is 25.5 Å². The number of fused-ring (bicyclic) bond motifs is 1. The van der Waals surface area contributed by atoms with Gasteiger partial charge in [-0.1, -0.05) is 23.4 Å². The fourth-order valence-electron chi connectivity index (χ4n) is 3.24. The maximum atomic E-state index is 12.7. The van der Waals surface area contributed by atoms with Crippen LogP contribution in [-0.4, -0.2) is 30.9 Å². The summed E-state index contributed by atoms with van der Waals surface area (Å²) in [5, 5.41) is -0.631. The van der Waals surface area contributed by atoms with Gasteiger partial charge in [-0.3, -0.25) is 14.4 Å². The standard InChI is InChI=1S/C23H22O6S/c1-13(2)7-10-19(30-23(26)17-6-5-11-29-17)14-12-18(27-3)20-15(24)8-9-16(25)21(20)22(14)28-4/h5-9,11-12,19H,10H2,1-4H3. The highest BCUT2D eigenvalue weighted by Gasteiger charge is 2.33. The predicted octanol–water partition coefficient (Wildman–Crippen LogP) is 5.20. The van der Waals surface area contributed by atoms with Gasteiger partial charge in [0.1, 0.15) is 11.5 Å². The highest BCUT2D eigenvalue weighted by molar-refractivity contribution is 8.14. The average Bonchev–Trinajstić information content (AvgIpc) is 3.27. The van der Waals surface area contributed by atoms with E-state index in [2.05, 4.69) is 0 Å². The number of ether oxygens (including phenoxy) is 2. The third-order valence-corrected chi connectivity index (χ3v) is 5.78. The molecule has 3 rings (SSSR count). The normalized spacial score (nSPS) is 13.6. The van der Waals surface area contributed by atoms with Gasteiger partial charge in [0.25, 0.3) is 5.12 Å². The molecular formula is C23H22O6S. The number of carbonyl (C=O) groups excluding carboxylic acids is 3. The van der Waals surface area contributed by atoms with Crippen molar-refractivity contribution in [2.75, 3.05) is 14.2 Å². The summed E-state index contributed by atoms with van der Waals surface area (Å²) in [7, 11) is 2.88. The minimum absolute atomic E-state index is 0.160. The topological polar surface area (TPSA) is 82.8 Å². The van der Waals surface area contributed by atoms with Gasteiger partial charge in [-0.05, 0) is 50.6 Å². The minimum Gasteiger partial charge on any atom is -0.496 e. The van der Waals surface area contributed by atoms with Crippen molar-refractivity contribution < 1.29 is 28.3 Å². The largest absolute Gasteiger partial charge is 0.496 e. The highest BCUT2D eigenvalue weighted by atomic mass is 32.2. The number of thioether (sulfide) groups is 1. The van der Waals surface area contributed by atoms with Gasteiger partial charge < -0.3 is 13.9 Å². The molecule has 1 aromatic carbocycles. The minimum atomic E-state index is -0.388. The van der Waals surface area contributed by atoms with Gasteiger partial charge in [-0.15, -0.1) is 0 Å². The first-order chi connectivity index (χ1) is 14.4. The van der Waals surface area contributed by atoms with E-state index in [4.69, 9.17) is 13.9 Å². The molecular weight excluding hydrogens is 404 g/mol. The Morgan fingerprint density at radius 1 is 1.13 bits per heavy atom. The SMILES string of the molecule is COc1cc(C(CC=C(C)C)SC(=O)c2ccco2)c(OC)c2c1C(=O)C=CC2=O. The van der Waals surface area contributed by atoms with Crippen LogP contribution in [0.25, 0.3) is 0 Å². The number of allylic oxidation sites excluding steroid dienone is 4. The number of rotatable bonds is 7. The summed E-state index contributed by atoms with van der Waals surface area (Å²) in [5.74, 6) is 0.119. The van der Waals surface area contributed by atoms with Crippen LogP contribution >= 0.6 is 11.8 Å². The number of methoxy groups -OCH3 is 2. The molecule has 156 valence electrons. The van der Waals surface area contributed by atoms with E-state index in [9.17, 15) is 14.4 Å². The van der Waals surface area contributed by atoms with Crippen molar-refractivity contribution in [3.05, 3.63) is 70.7 Å². The smallest absolute Gasteiger partial charge is 0.255 e. The Morgan fingerprint density at radius 2 is 1.83 bits per heavy atom. The van der Waals surface area contributed by atoms with Crippen molar-refractivity contribution in [3.8, 4) is 11.5 Å². The zero-order chi connectivity index (χ0) is 21.8. The number of furan rings is 1. The Labute approximate surface area is 178 Å². The summed E-state index contributed by atoms with van der Waals surface area (Å²) < 4.78 is 16.3. The first-order valence-electron chi connectivity index (χ1n) is 9.30. The quantitative estimate of drug-likeness (QED) is 0.563. The molecule has 0 saturated carbocycles. The molecule has 0 aliphatic heterocycles. The molecule has 1 unspecified atom stereocenters. The highest BCUT2D eigenvalue weighted by Crippen LogP contribution is 2.46. The number of ketones is 2. The summed E-state index contributed by atoms with van der Waals surface area (Å²) in [6.07, 6.45) is 6.41. The molecule has 1 aliphatic carbocycles. The second-order valence-corrected chi connectivity index (χ2v) is 8.08. The molecule has 0 saturated heterocycles. The van der Waals surface area contributed by atoms with Crippen LogP contribution in [0.2, 0.25) is 0 Å². The second kappa shape index (κ2) is 9.17. The van der Waals surface area contributed by atoms with Crippen LogP contribution in [0.1, 0.15) is 62.4 Å². The Hall–Kier alpha value is -3.06. The summed E-state index contributed by atoms with van der Waals surface area (Å²) in [6, 6.07) is 4.93. The van der Waals surface area contributed by atoms with Crippen molar-refractivity contribution in [2.24, 2.45) is 0 Å². The van der Waals surface area contributed by atoms with Crippen LogP contribution in [0.4, 0.5) is 0 Å². The molecule has 0 radical (unpaired) electrons. The van der Waals surface area contributed by atoms with Gasteiger partial charge in [0.05, 0.1) is 31.6 Å². The van der Waals surface area contributed by atoms with Crippen LogP contribution in [-0.2, 0) is 0 Å². The molecule has 1 aromatic heterocycles. The maximum Gasteiger partial charge on any atom is 0.255 e. The number of hydrogen-bond acceptors (Lipinski definition) is 7. The fraction of sp³-hybridized carbons (Fsp3) is 0.261. The first-order valence-corrected chi connectivity index (χ1v) is 10.2. The van der Waals surface area contributed by atoms with Crippen LogP contribution in [0.5, 0.6) is 11.5 Å². The lowest BCUT2D eigenvalue weighted by Gasteiger charge is -2.23. The fourth-order valence-corrected chi connectivity index (χ4v) is 4.23. The lowest BCUT2D eigenvalue weighted by molar-refractivity contribution is 0.0988. The van der Waals surface area contributed by atoms with E-state index in [1.807, 2.05) is 19.9 Å². The molecule has 1 atom stereocenters. The zero-order valence-corrected chi connectivity index (χ0v) is 18.0. The molecule has 0 bridgehead atoms. The molecule has 30 heavy (non-hydrogen) atoms. The van der Waals surface area contributed by atoms with Crippen molar-refractivity contribution >= 4 is 28.4 Å². The van der Waals surface area contributed by atoms with Gasteiger partial charge in [0.2, 0.25) is 0 Å². The number of hydrogen-bond donors (Lipinski definition) is 0. The Kier molecular flexibility index (Phi) is 6.62. The number of benzene rings is 1. The van der Waals surface area contributed by atoms with Gasteiger partial charge in [-0.2, -0.15) is 0 Å². The monoisotopic (exact) mass is 426 g/mol. The third kappa shape index (κ3) is 4.26. The van der Waals surface area contributed by atoms with E-state index in [1.54, 1.807) is 18.2 Å². The van der Waals surface area contributed by atoms with Crippen LogP contribution in [0.15, 0.2) is 52.7 Å². The second-order valence-electron chi connectivity index (χ2n) is 6.90. The van der Waals surface area contributed by atoms with Crippen LogP contribution < -0.4 is 9.47 Å². The maximum absolute atomic E-state index is 12.7. The van der Waals surface area contributed by atoms with Crippen molar-refractivity contribution in [3.63, 3.8) is 0 Å². The summed E-state index contributed by atoms with van der Waals surface area (Å²) in [4.78, 5) is 37.8. The molecule has 7 heteroatoms. The lowest BCUT2D eigenvalue weighted by atomic mass is 9.89. The van der Waals surface area contributed by atoms with Crippen LogP contribution in [0.3, 0.4) is 0 Å². The Bertz CT molecular complexity index is 1040. The van der Waals surface area contributed by atoms with Crippen molar-refractivity contribution in [1.82, 2.24) is 0 Å². The van der Waals surface area contributed by atoms with E-state index >= 15 is 0 Å². The summed E-state index contributed by atoms with van der Waals surface area (Å²) in [5.41, 5.74) is 2.03. The van der Waals surface area contributed by atoms with Crippen molar-refractivity contribution in [1.29, 1.82) is 0 Å². The summed E-state index contributed by atoms with van der Waals surface area (Å²) >= 11 is 1.07. The Balaban J connectivity index is 2.16. The molecule has 0 fully saturated rings. The molecule has 1 aliphatic rings. The molecule has 1 heterocycles. The van der Waals surface area contributed by atoms with E-state index < -0.39 is 0 Å². The van der Waals surface area contributed by atoms with Gasteiger partial charge >= 0.3 is 0 Å². The molecule has 0 N–H and O–H groups in total. The first kappa shape index (κ1) is 21.6. The predicted molar refractivity (Wildman–Crippen MR) is 115 cm³/mol. The average molecular weight is 426 g/mol. The Morgan fingerprint density at radius 3 is 2.40 bits per heavy atom. The van der Waals surface area contributed by atoms with Crippen LogP contribution in [0, 0.1) is 0 Å². The molecule has 0 amide bonds.